The standard InChI is InChI=1S/C17H15N5O/c1-21(13-6-4-5-12(9-13)10-23)16-14-7-2-3-8-15(14)22-11-18-20-17(22)19-16/h2-9,11,23H,10H2,1H3. The molecule has 114 valence electrons. The quantitative estimate of drug-likeness (QED) is 0.630. The smallest absolute Gasteiger partial charge is 0.257 e. The SMILES string of the molecule is CN(c1cccc(CO)c1)c1nc2nncn2c2ccccc12. The number of aromatic nitrogens is 4. The van der Waals surface area contributed by atoms with Crippen LogP contribution in [-0.2, 0) is 6.61 Å². The first-order valence-corrected chi connectivity index (χ1v) is 7.30. The van der Waals surface area contributed by atoms with Gasteiger partial charge in [0.25, 0.3) is 5.78 Å². The summed E-state index contributed by atoms with van der Waals surface area (Å²) in [5, 5.41) is 18.4. The second-order valence-corrected chi connectivity index (χ2v) is 5.34. The lowest BCUT2D eigenvalue weighted by Crippen LogP contribution is -2.13. The Hall–Kier alpha value is -2.99. The van der Waals surface area contributed by atoms with E-state index in [9.17, 15) is 5.11 Å². The number of anilines is 2. The number of nitrogens with zero attached hydrogens (tertiary/aromatic N) is 5. The number of para-hydroxylation sites is 1. The largest absolute Gasteiger partial charge is 0.392 e. The van der Waals surface area contributed by atoms with Crippen molar-refractivity contribution < 1.29 is 5.11 Å². The van der Waals surface area contributed by atoms with Gasteiger partial charge in [-0.3, -0.25) is 4.40 Å². The van der Waals surface area contributed by atoms with Crippen molar-refractivity contribution in [3.8, 4) is 0 Å². The van der Waals surface area contributed by atoms with Gasteiger partial charge >= 0.3 is 0 Å². The first-order valence-electron chi connectivity index (χ1n) is 7.30. The summed E-state index contributed by atoms with van der Waals surface area (Å²) in [7, 11) is 1.96. The van der Waals surface area contributed by atoms with E-state index in [1.54, 1.807) is 6.33 Å². The van der Waals surface area contributed by atoms with Crippen LogP contribution in [0.15, 0.2) is 54.9 Å². The van der Waals surface area contributed by atoms with E-state index >= 15 is 0 Å². The number of rotatable bonds is 3. The lowest BCUT2D eigenvalue weighted by Gasteiger charge is -2.21. The molecule has 1 N–H and O–H groups in total. The van der Waals surface area contributed by atoms with E-state index in [0.29, 0.717) is 5.78 Å². The minimum absolute atomic E-state index is 0.0130. The maximum Gasteiger partial charge on any atom is 0.257 e. The molecule has 2 heterocycles. The fourth-order valence-electron chi connectivity index (χ4n) is 2.74. The highest BCUT2D eigenvalue weighted by atomic mass is 16.3. The van der Waals surface area contributed by atoms with Crippen molar-refractivity contribution >= 4 is 28.2 Å². The van der Waals surface area contributed by atoms with Gasteiger partial charge in [0, 0.05) is 18.1 Å². The predicted octanol–water partition coefficient (Wildman–Crippen LogP) is 2.54. The van der Waals surface area contributed by atoms with Gasteiger partial charge in [-0.25, -0.2) is 0 Å². The number of benzene rings is 2. The Morgan fingerprint density at radius 1 is 1.13 bits per heavy atom. The second kappa shape index (κ2) is 5.33. The summed E-state index contributed by atoms with van der Waals surface area (Å²) >= 11 is 0. The van der Waals surface area contributed by atoms with Gasteiger partial charge in [0.05, 0.1) is 12.1 Å². The van der Waals surface area contributed by atoms with Gasteiger partial charge in [-0.1, -0.05) is 24.3 Å². The van der Waals surface area contributed by atoms with Crippen molar-refractivity contribution in [3.63, 3.8) is 0 Å². The van der Waals surface area contributed by atoms with E-state index in [1.165, 1.54) is 0 Å². The van der Waals surface area contributed by atoms with Gasteiger partial charge in [0.1, 0.15) is 12.1 Å². The van der Waals surface area contributed by atoms with Gasteiger partial charge in [-0.05, 0) is 29.8 Å². The van der Waals surface area contributed by atoms with Crippen LogP contribution in [-0.4, -0.2) is 31.7 Å². The van der Waals surface area contributed by atoms with Crippen LogP contribution >= 0.6 is 0 Å². The van der Waals surface area contributed by atoms with Gasteiger partial charge in [0.2, 0.25) is 0 Å². The molecule has 0 fully saturated rings. The van der Waals surface area contributed by atoms with Crippen LogP contribution in [0.4, 0.5) is 11.5 Å². The van der Waals surface area contributed by atoms with Crippen LogP contribution < -0.4 is 4.90 Å². The summed E-state index contributed by atoms with van der Waals surface area (Å²) < 4.78 is 1.87. The van der Waals surface area contributed by atoms with E-state index < -0.39 is 0 Å². The zero-order valence-corrected chi connectivity index (χ0v) is 12.6. The molecule has 0 aliphatic rings. The van der Waals surface area contributed by atoms with E-state index in [2.05, 4.69) is 15.2 Å². The third-order valence-corrected chi connectivity index (χ3v) is 3.94. The number of aliphatic hydroxyl groups is 1. The maximum absolute atomic E-state index is 9.34. The summed E-state index contributed by atoms with van der Waals surface area (Å²) in [5.41, 5.74) is 2.82. The molecule has 0 aliphatic carbocycles. The lowest BCUT2D eigenvalue weighted by atomic mass is 10.2. The third kappa shape index (κ3) is 2.20. The fraction of sp³-hybridized carbons (Fsp3) is 0.118. The topological polar surface area (TPSA) is 66.5 Å². The number of aliphatic hydroxyl groups excluding tert-OH is 1. The molecule has 6 heteroatoms. The summed E-state index contributed by atoms with van der Waals surface area (Å²) in [6.07, 6.45) is 1.67. The van der Waals surface area contributed by atoms with Gasteiger partial charge in [-0.15, -0.1) is 10.2 Å². The highest BCUT2D eigenvalue weighted by Gasteiger charge is 2.14. The monoisotopic (exact) mass is 305 g/mol. The van der Waals surface area contributed by atoms with Crippen LogP contribution in [0.3, 0.4) is 0 Å². The van der Waals surface area contributed by atoms with Crippen molar-refractivity contribution in [2.45, 2.75) is 6.61 Å². The van der Waals surface area contributed by atoms with Crippen LogP contribution in [0.25, 0.3) is 16.7 Å². The molecular formula is C17H15N5O. The third-order valence-electron chi connectivity index (χ3n) is 3.94. The predicted molar refractivity (Wildman–Crippen MR) is 88.7 cm³/mol. The molecule has 0 atom stereocenters. The molecule has 4 rings (SSSR count). The Balaban J connectivity index is 1.95. The lowest BCUT2D eigenvalue weighted by molar-refractivity contribution is 0.282. The number of hydrogen-bond acceptors (Lipinski definition) is 5. The average Bonchev–Trinajstić information content (AvgIpc) is 3.09. The van der Waals surface area contributed by atoms with E-state index in [-0.39, 0.29) is 6.61 Å². The van der Waals surface area contributed by atoms with Gasteiger partial charge in [-0.2, -0.15) is 4.98 Å². The number of hydrogen-bond donors (Lipinski definition) is 1. The molecule has 2 aromatic heterocycles. The molecule has 4 aromatic rings. The molecule has 23 heavy (non-hydrogen) atoms. The second-order valence-electron chi connectivity index (χ2n) is 5.34. The van der Waals surface area contributed by atoms with Crippen LogP contribution in [0, 0.1) is 0 Å². The van der Waals surface area contributed by atoms with Crippen molar-refractivity contribution in [2.75, 3.05) is 11.9 Å². The first kappa shape index (κ1) is 13.7. The minimum atomic E-state index is 0.0130. The van der Waals surface area contributed by atoms with Crippen LogP contribution in [0.5, 0.6) is 0 Å². The van der Waals surface area contributed by atoms with E-state index in [1.807, 2.05) is 64.9 Å². The van der Waals surface area contributed by atoms with Crippen molar-refractivity contribution in [1.29, 1.82) is 0 Å². The van der Waals surface area contributed by atoms with E-state index in [0.717, 1.165) is 28.0 Å². The first-order chi connectivity index (χ1) is 11.3. The van der Waals surface area contributed by atoms with Crippen LogP contribution in [0.1, 0.15) is 5.56 Å². The maximum atomic E-state index is 9.34. The number of fused-ring (bicyclic) bond motifs is 3. The highest BCUT2D eigenvalue weighted by molar-refractivity contribution is 5.93. The zero-order chi connectivity index (χ0) is 15.8. The molecule has 0 radical (unpaired) electrons. The van der Waals surface area contributed by atoms with Crippen molar-refractivity contribution in [2.24, 2.45) is 0 Å². The Morgan fingerprint density at radius 2 is 2.00 bits per heavy atom. The van der Waals surface area contributed by atoms with Crippen LogP contribution in [0.2, 0.25) is 0 Å². The Morgan fingerprint density at radius 3 is 2.87 bits per heavy atom. The molecule has 0 unspecified atom stereocenters. The van der Waals surface area contributed by atoms with Crippen molar-refractivity contribution in [3.05, 3.63) is 60.4 Å². The van der Waals surface area contributed by atoms with Gasteiger partial charge < -0.3 is 10.0 Å². The highest BCUT2D eigenvalue weighted by Crippen LogP contribution is 2.30. The van der Waals surface area contributed by atoms with E-state index in [4.69, 9.17) is 0 Å². The van der Waals surface area contributed by atoms with Crippen molar-refractivity contribution in [1.82, 2.24) is 19.6 Å². The summed E-state index contributed by atoms with van der Waals surface area (Å²) in [4.78, 5) is 6.64. The molecule has 0 aliphatic heterocycles. The Kier molecular flexibility index (Phi) is 3.17. The molecule has 0 saturated heterocycles. The zero-order valence-electron chi connectivity index (χ0n) is 12.6. The molecule has 0 bridgehead atoms. The molecule has 2 aromatic carbocycles. The Bertz CT molecular complexity index is 995. The average molecular weight is 305 g/mol. The summed E-state index contributed by atoms with van der Waals surface area (Å²) in [5.74, 6) is 1.36. The minimum Gasteiger partial charge on any atom is -0.392 e. The molecule has 0 spiro atoms. The summed E-state index contributed by atoms with van der Waals surface area (Å²) in [6, 6.07) is 15.8. The molecular weight excluding hydrogens is 290 g/mol. The van der Waals surface area contributed by atoms with Gasteiger partial charge in [0.15, 0.2) is 0 Å². The Labute approximate surface area is 132 Å². The molecule has 0 saturated carbocycles. The molecule has 6 nitrogen and oxygen atoms in total. The molecule has 0 amide bonds. The fourth-order valence-corrected chi connectivity index (χ4v) is 2.74. The normalized spacial score (nSPS) is 11.2. The summed E-state index contributed by atoms with van der Waals surface area (Å²) in [6.45, 7) is 0.0130.